The molecule has 0 spiro atoms. The summed E-state index contributed by atoms with van der Waals surface area (Å²) >= 11 is 0. The number of nitrogens with zero attached hydrogens (tertiary/aromatic N) is 2. The van der Waals surface area contributed by atoms with Crippen LogP contribution < -0.4 is 10.1 Å². The van der Waals surface area contributed by atoms with Gasteiger partial charge in [0, 0.05) is 29.9 Å². The second-order valence-electron chi connectivity index (χ2n) is 8.42. The van der Waals surface area contributed by atoms with E-state index in [4.69, 9.17) is 15.0 Å². The van der Waals surface area contributed by atoms with Crippen LogP contribution in [0.4, 0.5) is 0 Å². The van der Waals surface area contributed by atoms with E-state index in [0.717, 1.165) is 16.0 Å². The highest BCUT2D eigenvalue weighted by Gasteiger charge is 2.39. The van der Waals surface area contributed by atoms with Crippen LogP contribution in [0.2, 0.25) is 0 Å². The molecule has 3 aliphatic heterocycles. The summed E-state index contributed by atoms with van der Waals surface area (Å²) < 4.78 is 41.9. The van der Waals surface area contributed by atoms with Gasteiger partial charge in [0.15, 0.2) is 0 Å². The molecule has 2 aromatic rings. The molecular formula is C26H27N3O5. The van der Waals surface area contributed by atoms with E-state index < -0.39 is 31.6 Å². The monoisotopic (exact) mass is 465 g/mol. The highest BCUT2D eigenvalue weighted by atomic mass is 16.5. The second-order valence-corrected chi connectivity index (χ2v) is 8.42. The van der Waals surface area contributed by atoms with Gasteiger partial charge in [-0.05, 0) is 36.1 Å². The second kappa shape index (κ2) is 9.30. The molecule has 2 fully saturated rings. The third kappa shape index (κ3) is 4.41. The van der Waals surface area contributed by atoms with Crippen LogP contribution in [-0.2, 0) is 34.0 Å². The summed E-state index contributed by atoms with van der Waals surface area (Å²) in [7, 11) is 0. The van der Waals surface area contributed by atoms with Crippen molar-refractivity contribution in [1.82, 2.24) is 15.1 Å². The number of carbonyl (C=O) groups is 3. The maximum Gasteiger partial charge on any atom is 0.255 e. The van der Waals surface area contributed by atoms with Gasteiger partial charge in [-0.2, -0.15) is 0 Å². The van der Waals surface area contributed by atoms with Gasteiger partial charge in [0.1, 0.15) is 25.0 Å². The lowest BCUT2D eigenvalue weighted by atomic mass is 10.0. The van der Waals surface area contributed by atoms with Crippen LogP contribution in [0.15, 0.2) is 54.7 Å². The number of carbonyl (C=O) groups excluding carboxylic acids is 3. The Hall–Kier alpha value is -3.65. The number of nitrogens with one attached hydrogen (secondary N) is 1. The standard InChI is InChI=1S/C26H27N3O5/c1-17-5-10-22(25(31)27-17)29-14-21-20(26(29)32)3-2-4-23(21)34-15-19-8-6-18(7-9-19)13-28-11-12-33-16-24(28)30/h2-4,6-9,22H,1,5,10-16H2,(H,27,31)/i11D,12D2,16D. The summed E-state index contributed by atoms with van der Waals surface area (Å²) in [6, 6.07) is 11.8. The first-order valence-electron chi connectivity index (χ1n) is 13.2. The zero-order chi connectivity index (χ0) is 27.2. The molecule has 1 N–H and O–H groups in total. The Morgan fingerprint density at radius 1 is 1.15 bits per heavy atom. The number of hydrogen-bond acceptors (Lipinski definition) is 5. The predicted octanol–water partition coefficient (Wildman–Crippen LogP) is 2.37. The number of hydrogen-bond donors (Lipinski definition) is 1. The van der Waals surface area contributed by atoms with E-state index >= 15 is 0 Å². The fraction of sp³-hybridized carbons (Fsp3) is 0.346. The number of morpholine rings is 1. The van der Waals surface area contributed by atoms with Gasteiger partial charge in [-0.25, -0.2) is 0 Å². The fourth-order valence-corrected chi connectivity index (χ4v) is 4.30. The average Bonchev–Trinajstić information content (AvgIpc) is 3.21. The molecule has 3 unspecified atom stereocenters. The van der Waals surface area contributed by atoms with Crippen LogP contribution in [0.25, 0.3) is 0 Å². The molecule has 34 heavy (non-hydrogen) atoms. The van der Waals surface area contributed by atoms with E-state index in [-0.39, 0.29) is 31.5 Å². The minimum Gasteiger partial charge on any atom is -0.489 e. The number of benzene rings is 2. The molecule has 176 valence electrons. The normalized spacial score (nSPS) is 27.9. The average molecular weight is 466 g/mol. The molecule has 3 atom stereocenters. The summed E-state index contributed by atoms with van der Waals surface area (Å²) in [5, 5.41) is 2.73. The van der Waals surface area contributed by atoms with Gasteiger partial charge in [0.05, 0.1) is 18.6 Å². The lowest BCUT2D eigenvalue weighted by Gasteiger charge is -2.31. The molecular weight excluding hydrogens is 434 g/mol. The maximum absolute atomic E-state index is 13.0. The van der Waals surface area contributed by atoms with Crippen molar-refractivity contribution in [3.8, 4) is 5.75 Å². The number of ether oxygens (including phenoxy) is 2. The lowest BCUT2D eigenvalue weighted by molar-refractivity contribution is -0.143. The van der Waals surface area contributed by atoms with E-state index in [2.05, 4.69) is 11.9 Å². The highest BCUT2D eigenvalue weighted by Crippen LogP contribution is 2.34. The Bertz CT molecular complexity index is 1300. The molecule has 3 heterocycles. The molecule has 8 heteroatoms. The van der Waals surface area contributed by atoms with Crippen LogP contribution >= 0.6 is 0 Å². The zero-order valence-corrected chi connectivity index (χ0v) is 18.5. The Morgan fingerprint density at radius 3 is 2.74 bits per heavy atom. The summed E-state index contributed by atoms with van der Waals surface area (Å²) in [5.41, 5.74) is 3.39. The van der Waals surface area contributed by atoms with E-state index in [0.29, 0.717) is 35.4 Å². The van der Waals surface area contributed by atoms with E-state index in [1.165, 1.54) is 0 Å². The third-order valence-corrected chi connectivity index (χ3v) is 6.14. The number of amides is 3. The van der Waals surface area contributed by atoms with Crippen molar-refractivity contribution < 1.29 is 29.3 Å². The van der Waals surface area contributed by atoms with Gasteiger partial charge in [0.2, 0.25) is 11.8 Å². The van der Waals surface area contributed by atoms with Gasteiger partial charge in [-0.15, -0.1) is 0 Å². The maximum atomic E-state index is 13.0. The van der Waals surface area contributed by atoms with Crippen molar-refractivity contribution in [2.75, 3.05) is 19.7 Å². The van der Waals surface area contributed by atoms with E-state index in [1.807, 2.05) is 0 Å². The molecule has 3 amide bonds. The minimum atomic E-state index is -2.43. The third-order valence-electron chi connectivity index (χ3n) is 6.14. The summed E-state index contributed by atoms with van der Waals surface area (Å²) in [5.74, 6) is -0.630. The first kappa shape index (κ1) is 17.8. The molecule has 0 radical (unpaired) electrons. The highest BCUT2D eigenvalue weighted by molar-refractivity contribution is 6.02. The molecule has 3 aliphatic rings. The fourth-order valence-electron chi connectivity index (χ4n) is 4.30. The predicted molar refractivity (Wildman–Crippen MR) is 124 cm³/mol. The minimum absolute atomic E-state index is 0.0291. The van der Waals surface area contributed by atoms with Crippen LogP contribution in [-0.4, -0.2) is 53.2 Å². The van der Waals surface area contributed by atoms with Gasteiger partial charge >= 0.3 is 0 Å². The van der Waals surface area contributed by atoms with Crippen molar-refractivity contribution in [3.05, 3.63) is 77.0 Å². The van der Waals surface area contributed by atoms with Gasteiger partial charge in [-0.3, -0.25) is 14.4 Å². The Kier molecular flexibility index (Phi) is 4.86. The Labute approximate surface area is 203 Å². The van der Waals surface area contributed by atoms with Gasteiger partial charge in [-0.1, -0.05) is 36.9 Å². The molecule has 5 rings (SSSR count). The van der Waals surface area contributed by atoms with Crippen molar-refractivity contribution in [3.63, 3.8) is 0 Å². The summed E-state index contributed by atoms with van der Waals surface area (Å²) in [6.45, 7) is -1.47. The van der Waals surface area contributed by atoms with Crippen molar-refractivity contribution >= 4 is 17.7 Å². The van der Waals surface area contributed by atoms with Crippen molar-refractivity contribution in [2.24, 2.45) is 0 Å². The molecule has 2 aromatic carbocycles. The molecule has 0 saturated carbocycles. The SMILES string of the molecule is [2H]C1OC([2H])([2H])C([2H])N(Cc2ccc(COc3cccc4c3CN(C3CCC(=C)NC3=O)C4=O)cc2)C1=O. The number of allylic oxidation sites excluding steroid dienone is 1. The Morgan fingerprint density at radius 2 is 1.94 bits per heavy atom. The van der Waals surface area contributed by atoms with E-state index in [1.54, 1.807) is 47.4 Å². The molecule has 8 nitrogen and oxygen atoms in total. The van der Waals surface area contributed by atoms with Crippen molar-refractivity contribution in [1.29, 1.82) is 0 Å². The summed E-state index contributed by atoms with van der Waals surface area (Å²) in [6.07, 6.45) is 1.14. The van der Waals surface area contributed by atoms with E-state index in [9.17, 15) is 14.4 Å². The van der Waals surface area contributed by atoms with Gasteiger partial charge < -0.3 is 24.6 Å². The Balaban J connectivity index is 1.24. The largest absolute Gasteiger partial charge is 0.489 e. The summed E-state index contributed by atoms with van der Waals surface area (Å²) in [4.78, 5) is 40.3. The molecule has 0 bridgehead atoms. The quantitative estimate of drug-likeness (QED) is 0.708. The molecule has 0 aromatic heterocycles. The topological polar surface area (TPSA) is 88.2 Å². The van der Waals surface area contributed by atoms with Crippen LogP contribution in [0.3, 0.4) is 0 Å². The van der Waals surface area contributed by atoms with Crippen LogP contribution in [0, 0.1) is 0 Å². The molecule has 2 saturated heterocycles. The van der Waals surface area contributed by atoms with Crippen LogP contribution in [0.1, 0.15) is 45.4 Å². The first-order chi connectivity index (χ1) is 18.0. The van der Waals surface area contributed by atoms with Crippen molar-refractivity contribution in [2.45, 2.75) is 38.6 Å². The first-order valence-corrected chi connectivity index (χ1v) is 11.0. The van der Waals surface area contributed by atoms with Crippen LogP contribution in [0.5, 0.6) is 5.75 Å². The number of piperidine rings is 1. The lowest BCUT2D eigenvalue weighted by Crippen LogP contribution is -2.49. The zero-order valence-electron chi connectivity index (χ0n) is 22.5. The molecule has 0 aliphatic carbocycles. The van der Waals surface area contributed by atoms with Gasteiger partial charge in [0.25, 0.3) is 5.91 Å². The number of rotatable bonds is 6. The smallest absolute Gasteiger partial charge is 0.255 e. The number of fused-ring (bicyclic) bond motifs is 1.